The molecule has 0 bridgehead atoms. The van der Waals surface area contributed by atoms with E-state index in [1.165, 1.54) is 10.1 Å². The first-order valence-electron chi connectivity index (χ1n) is 8.46. The fourth-order valence-corrected chi connectivity index (χ4v) is 4.28. The van der Waals surface area contributed by atoms with Crippen molar-refractivity contribution in [2.45, 2.75) is 23.5 Å². The van der Waals surface area contributed by atoms with Gasteiger partial charge in [0, 0.05) is 23.4 Å². The summed E-state index contributed by atoms with van der Waals surface area (Å²) in [6.07, 6.45) is 1.10. The number of para-hydroxylation sites is 2. The number of nitrogens with one attached hydrogen (secondary N) is 1. The molecule has 8 heteroatoms. The minimum absolute atomic E-state index is 0.0852. The molecule has 0 atom stereocenters. The topological polar surface area (TPSA) is 81.1 Å². The smallest absolute Gasteiger partial charge is 0.240 e. The fraction of sp³-hybridized carbons (Fsp3) is 0.263. The monoisotopic (exact) mass is 403 g/mol. The average molecular weight is 404 g/mol. The molecule has 0 spiro atoms. The summed E-state index contributed by atoms with van der Waals surface area (Å²) in [5, 5.41) is 2.75. The van der Waals surface area contributed by atoms with Crippen LogP contribution in [0.2, 0.25) is 0 Å². The van der Waals surface area contributed by atoms with Gasteiger partial charge in [-0.2, -0.15) is 0 Å². The van der Waals surface area contributed by atoms with E-state index in [0.29, 0.717) is 17.6 Å². The molecule has 142 valence electrons. The average Bonchev–Trinajstić information content (AvgIpc) is 2.99. The van der Waals surface area contributed by atoms with E-state index in [0.717, 1.165) is 16.9 Å². The van der Waals surface area contributed by atoms with E-state index in [9.17, 15) is 13.2 Å². The predicted molar refractivity (Wildman–Crippen MR) is 108 cm³/mol. The summed E-state index contributed by atoms with van der Waals surface area (Å²) in [7, 11) is -3.54. The number of benzene rings is 2. The van der Waals surface area contributed by atoms with Gasteiger partial charge in [0.2, 0.25) is 20.9 Å². The molecule has 2 aromatic carbocycles. The number of aryl methyl sites for hydroxylation is 1. The molecular weight excluding hydrogens is 382 g/mol. The highest BCUT2D eigenvalue weighted by atomic mass is 32.2. The summed E-state index contributed by atoms with van der Waals surface area (Å²) in [6, 6.07) is 15.3. The van der Waals surface area contributed by atoms with Crippen LogP contribution < -0.4 is 5.32 Å². The molecule has 0 saturated heterocycles. The molecule has 0 aliphatic rings. The number of thioether (sulfide) groups is 1. The summed E-state index contributed by atoms with van der Waals surface area (Å²) in [4.78, 5) is 17.6. The Labute approximate surface area is 162 Å². The zero-order valence-electron chi connectivity index (χ0n) is 15.2. The molecule has 0 aliphatic carbocycles. The Morgan fingerprint density at radius 1 is 1.15 bits per heavy atom. The first kappa shape index (κ1) is 19.4. The third kappa shape index (κ3) is 4.90. The molecule has 0 unspecified atom stereocenters. The molecular formula is C19H21N3O3S2. The second-order valence-corrected chi connectivity index (χ2v) is 9.33. The standard InChI is InChI=1S/C19H21N3O3S2/c1-14-7-9-15(10-8-14)26-12-11-20-18(23)13-22-17-6-4-3-5-16(17)21-19(22)27(2,24)25/h3-10H,11-13H2,1-2H3,(H,20,23). The maximum absolute atomic E-state index is 12.3. The van der Waals surface area contributed by atoms with E-state index >= 15 is 0 Å². The van der Waals surface area contributed by atoms with Gasteiger partial charge < -0.3 is 9.88 Å². The predicted octanol–water partition coefficient (Wildman–Crippen LogP) is 2.66. The van der Waals surface area contributed by atoms with Gasteiger partial charge in [0.05, 0.1) is 11.0 Å². The summed E-state index contributed by atoms with van der Waals surface area (Å²) in [6.45, 7) is 2.45. The lowest BCUT2D eigenvalue weighted by Gasteiger charge is -2.09. The molecule has 1 heterocycles. The molecule has 27 heavy (non-hydrogen) atoms. The van der Waals surface area contributed by atoms with Crippen LogP contribution in [0.1, 0.15) is 5.56 Å². The van der Waals surface area contributed by atoms with Gasteiger partial charge in [0.25, 0.3) is 0 Å². The van der Waals surface area contributed by atoms with Crippen molar-refractivity contribution < 1.29 is 13.2 Å². The minimum Gasteiger partial charge on any atom is -0.354 e. The van der Waals surface area contributed by atoms with Crippen LogP contribution in [0.4, 0.5) is 0 Å². The summed E-state index contributed by atoms with van der Waals surface area (Å²) < 4.78 is 25.5. The number of sulfone groups is 1. The SMILES string of the molecule is Cc1ccc(SCCNC(=O)Cn2c(S(C)(=O)=O)nc3ccccc32)cc1. The minimum atomic E-state index is -3.54. The molecule has 6 nitrogen and oxygen atoms in total. The van der Waals surface area contributed by atoms with E-state index in [4.69, 9.17) is 0 Å². The van der Waals surface area contributed by atoms with Crippen LogP contribution in [0, 0.1) is 6.92 Å². The maximum Gasteiger partial charge on any atom is 0.240 e. The lowest BCUT2D eigenvalue weighted by atomic mass is 10.2. The molecule has 0 radical (unpaired) electrons. The highest BCUT2D eigenvalue weighted by Crippen LogP contribution is 2.20. The Balaban J connectivity index is 1.63. The fourth-order valence-electron chi connectivity index (χ4n) is 2.68. The molecule has 0 fully saturated rings. The van der Waals surface area contributed by atoms with E-state index in [2.05, 4.69) is 34.6 Å². The number of carbonyl (C=O) groups excluding carboxylic acids is 1. The van der Waals surface area contributed by atoms with Crippen molar-refractivity contribution in [3.8, 4) is 0 Å². The lowest BCUT2D eigenvalue weighted by Crippen LogP contribution is -2.30. The first-order chi connectivity index (χ1) is 12.8. The normalized spacial score (nSPS) is 11.6. The molecule has 1 N–H and O–H groups in total. The first-order valence-corrected chi connectivity index (χ1v) is 11.3. The van der Waals surface area contributed by atoms with Gasteiger partial charge in [-0.25, -0.2) is 13.4 Å². The van der Waals surface area contributed by atoms with Crippen LogP contribution in [0.5, 0.6) is 0 Å². The van der Waals surface area contributed by atoms with Crippen molar-refractivity contribution in [1.82, 2.24) is 14.9 Å². The zero-order valence-corrected chi connectivity index (χ0v) is 16.8. The Bertz CT molecular complexity index is 1060. The second-order valence-electron chi connectivity index (χ2n) is 6.25. The lowest BCUT2D eigenvalue weighted by molar-refractivity contribution is -0.121. The Morgan fingerprint density at radius 2 is 1.85 bits per heavy atom. The molecule has 0 saturated carbocycles. The van der Waals surface area contributed by atoms with Crippen molar-refractivity contribution in [3.63, 3.8) is 0 Å². The van der Waals surface area contributed by atoms with Crippen LogP contribution in [0.3, 0.4) is 0 Å². The van der Waals surface area contributed by atoms with E-state index in [-0.39, 0.29) is 17.6 Å². The van der Waals surface area contributed by atoms with Crippen LogP contribution in [0.25, 0.3) is 11.0 Å². The highest BCUT2D eigenvalue weighted by Gasteiger charge is 2.20. The third-order valence-corrected chi connectivity index (χ3v) is 5.96. The van der Waals surface area contributed by atoms with Gasteiger partial charge in [0.15, 0.2) is 0 Å². The number of hydrogen-bond acceptors (Lipinski definition) is 5. The van der Waals surface area contributed by atoms with E-state index in [1.807, 2.05) is 6.92 Å². The van der Waals surface area contributed by atoms with Crippen LogP contribution in [-0.4, -0.2) is 42.4 Å². The number of rotatable bonds is 7. The number of fused-ring (bicyclic) bond motifs is 1. The van der Waals surface area contributed by atoms with Crippen molar-refractivity contribution in [1.29, 1.82) is 0 Å². The summed E-state index contributed by atoms with van der Waals surface area (Å²) in [5.74, 6) is 0.492. The second kappa shape index (κ2) is 8.14. The van der Waals surface area contributed by atoms with Crippen molar-refractivity contribution in [2.75, 3.05) is 18.6 Å². The number of imidazole rings is 1. The quantitative estimate of drug-likeness (QED) is 0.485. The Morgan fingerprint density at radius 3 is 2.56 bits per heavy atom. The highest BCUT2D eigenvalue weighted by molar-refractivity contribution is 7.99. The zero-order chi connectivity index (χ0) is 19.4. The number of amides is 1. The molecule has 3 rings (SSSR count). The van der Waals surface area contributed by atoms with Gasteiger partial charge in [-0.15, -0.1) is 11.8 Å². The van der Waals surface area contributed by atoms with Gasteiger partial charge >= 0.3 is 0 Å². The number of nitrogens with zero attached hydrogens (tertiary/aromatic N) is 2. The van der Waals surface area contributed by atoms with Crippen LogP contribution in [0.15, 0.2) is 58.6 Å². The largest absolute Gasteiger partial charge is 0.354 e. The Kier molecular flexibility index (Phi) is 5.86. The molecule has 0 aliphatic heterocycles. The van der Waals surface area contributed by atoms with Crippen molar-refractivity contribution in [3.05, 3.63) is 54.1 Å². The molecule has 3 aromatic rings. The van der Waals surface area contributed by atoms with Crippen molar-refractivity contribution >= 4 is 38.5 Å². The van der Waals surface area contributed by atoms with Crippen LogP contribution >= 0.6 is 11.8 Å². The number of aromatic nitrogens is 2. The van der Waals surface area contributed by atoms with Gasteiger partial charge in [0.1, 0.15) is 6.54 Å². The van der Waals surface area contributed by atoms with E-state index in [1.54, 1.807) is 36.0 Å². The van der Waals surface area contributed by atoms with Gasteiger partial charge in [-0.05, 0) is 31.2 Å². The third-order valence-electron chi connectivity index (χ3n) is 3.97. The molecule has 1 aromatic heterocycles. The van der Waals surface area contributed by atoms with E-state index < -0.39 is 9.84 Å². The Hall–Kier alpha value is -2.32. The molecule has 1 amide bonds. The number of hydrogen-bond donors (Lipinski definition) is 1. The van der Waals surface area contributed by atoms with Crippen LogP contribution in [-0.2, 0) is 21.2 Å². The van der Waals surface area contributed by atoms with Gasteiger partial charge in [-0.1, -0.05) is 29.8 Å². The number of carbonyl (C=O) groups is 1. The maximum atomic E-state index is 12.3. The van der Waals surface area contributed by atoms with Crippen molar-refractivity contribution in [2.24, 2.45) is 0 Å². The summed E-state index contributed by atoms with van der Waals surface area (Å²) >= 11 is 1.66. The van der Waals surface area contributed by atoms with Gasteiger partial charge in [-0.3, -0.25) is 4.79 Å². The summed E-state index contributed by atoms with van der Waals surface area (Å²) in [5.41, 5.74) is 2.39.